The first-order chi connectivity index (χ1) is 26.5. The molecule has 254 valence electrons. The zero-order valence-electron chi connectivity index (χ0n) is 29.8. The van der Waals surface area contributed by atoms with E-state index >= 15 is 0 Å². The fourth-order valence-electron chi connectivity index (χ4n) is 8.65. The van der Waals surface area contributed by atoms with E-state index in [4.69, 9.17) is 15.0 Å². The highest BCUT2D eigenvalue weighted by Gasteiger charge is 2.35. The minimum atomic E-state index is -0.134. The summed E-state index contributed by atoms with van der Waals surface area (Å²) in [5.41, 5.74) is 10.5. The molecule has 0 bridgehead atoms. The fraction of sp³-hybridized carbons (Fsp3) is 0.0600. The first-order valence-corrected chi connectivity index (χ1v) is 19.3. The third kappa shape index (κ3) is 4.63. The summed E-state index contributed by atoms with van der Waals surface area (Å²) >= 11 is 1.88. The van der Waals surface area contributed by atoms with Crippen LogP contribution in [0.15, 0.2) is 164 Å². The van der Waals surface area contributed by atoms with Crippen molar-refractivity contribution in [1.82, 2.24) is 15.0 Å². The summed E-state index contributed by atoms with van der Waals surface area (Å²) in [5.74, 6) is 2.00. The van der Waals surface area contributed by atoms with Gasteiger partial charge in [-0.3, -0.25) is 0 Å². The van der Waals surface area contributed by atoms with Gasteiger partial charge >= 0.3 is 0 Å². The van der Waals surface area contributed by atoms with Crippen molar-refractivity contribution in [3.8, 4) is 56.4 Å². The molecule has 8 aromatic carbocycles. The maximum absolute atomic E-state index is 5.34. The molecule has 0 radical (unpaired) electrons. The molecule has 54 heavy (non-hydrogen) atoms. The molecule has 0 saturated carbocycles. The summed E-state index contributed by atoms with van der Waals surface area (Å²) in [6, 6.07) is 58.7. The van der Waals surface area contributed by atoms with Crippen LogP contribution in [0.5, 0.6) is 0 Å². The van der Waals surface area contributed by atoms with Gasteiger partial charge in [0.25, 0.3) is 0 Å². The van der Waals surface area contributed by atoms with E-state index in [1.807, 2.05) is 29.5 Å². The zero-order valence-corrected chi connectivity index (χ0v) is 30.7. The molecule has 0 amide bonds. The number of thiophene rings is 1. The van der Waals surface area contributed by atoms with E-state index in [1.165, 1.54) is 64.3 Å². The van der Waals surface area contributed by atoms with Crippen LogP contribution < -0.4 is 0 Å². The van der Waals surface area contributed by atoms with Crippen molar-refractivity contribution in [2.45, 2.75) is 19.3 Å². The van der Waals surface area contributed by atoms with Crippen molar-refractivity contribution in [1.29, 1.82) is 0 Å². The molecule has 3 nitrogen and oxygen atoms in total. The van der Waals surface area contributed by atoms with Gasteiger partial charge in [-0.2, -0.15) is 0 Å². The second-order valence-corrected chi connectivity index (χ2v) is 15.8. The highest BCUT2D eigenvalue weighted by molar-refractivity contribution is 7.27. The van der Waals surface area contributed by atoms with Gasteiger partial charge in [-0.1, -0.05) is 166 Å². The Balaban J connectivity index is 1.18. The standard InChI is InChI=1S/C50H33N3S/c1-50(2)42-23-12-11-20-36(42)37-25-24-33(29-43(37)50)48-51-47(31-16-7-4-8-17-31)52-49(53-48)41-28-32-18-9-10-19-34(32)44-38(41)26-27-40-39-22-13-21-35(45(39)54-46(40)44)30-14-5-3-6-15-30/h3-29H,1-2H3. The lowest BCUT2D eigenvalue weighted by molar-refractivity contribution is 0.660. The van der Waals surface area contributed by atoms with E-state index in [9.17, 15) is 0 Å². The van der Waals surface area contributed by atoms with E-state index in [0.717, 1.165) is 27.5 Å². The molecule has 4 heteroatoms. The lowest BCUT2D eigenvalue weighted by Crippen LogP contribution is -2.15. The van der Waals surface area contributed by atoms with Crippen LogP contribution >= 0.6 is 11.3 Å². The van der Waals surface area contributed by atoms with Gasteiger partial charge in [0.2, 0.25) is 0 Å². The predicted molar refractivity (Wildman–Crippen MR) is 227 cm³/mol. The van der Waals surface area contributed by atoms with Gasteiger partial charge in [0.1, 0.15) is 0 Å². The number of nitrogens with zero attached hydrogens (tertiary/aromatic N) is 3. The van der Waals surface area contributed by atoms with Crippen LogP contribution in [0.3, 0.4) is 0 Å². The predicted octanol–water partition coefficient (Wildman–Crippen LogP) is 13.5. The minimum Gasteiger partial charge on any atom is -0.208 e. The van der Waals surface area contributed by atoms with Gasteiger partial charge in [-0.25, -0.2) is 15.0 Å². The number of aromatic nitrogens is 3. The Labute approximate surface area is 317 Å². The molecule has 0 fully saturated rings. The third-order valence-corrected chi connectivity index (χ3v) is 12.6. The molecule has 1 aliphatic rings. The molecule has 0 saturated heterocycles. The van der Waals surface area contributed by atoms with Gasteiger partial charge in [0.15, 0.2) is 17.5 Å². The Hall–Kier alpha value is -6.49. The van der Waals surface area contributed by atoms with Crippen molar-refractivity contribution in [2.24, 2.45) is 0 Å². The fourth-order valence-corrected chi connectivity index (χ4v) is 10.1. The molecule has 2 heterocycles. The number of hydrogen-bond donors (Lipinski definition) is 0. The highest BCUT2D eigenvalue weighted by atomic mass is 32.1. The molecule has 2 aromatic heterocycles. The average Bonchev–Trinajstić information content (AvgIpc) is 3.73. The van der Waals surface area contributed by atoms with Crippen molar-refractivity contribution in [3.63, 3.8) is 0 Å². The van der Waals surface area contributed by atoms with E-state index in [0.29, 0.717) is 17.5 Å². The molecular weight excluding hydrogens is 675 g/mol. The molecule has 0 aliphatic heterocycles. The molecule has 10 aromatic rings. The summed E-state index contributed by atoms with van der Waals surface area (Å²) in [6.07, 6.45) is 0. The largest absolute Gasteiger partial charge is 0.208 e. The second-order valence-electron chi connectivity index (χ2n) is 14.8. The van der Waals surface area contributed by atoms with E-state index < -0.39 is 0 Å². The third-order valence-electron chi connectivity index (χ3n) is 11.3. The van der Waals surface area contributed by atoms with Crippen molar-refractivity contribution >= 4 is 53.1 Å². The van der Waals surface area contributed by atoms with Gasteiger partial charge < -0.3 is 0 Å². The lowest BCUT2D eigenvalue weighted by Gasteiger charge is -2.21. The maximum atomic E-state index is 5.34. The van der Waals surface area contributed by atoms with Crippen molar-refractivity contribution in [2.75, 3.05) is 0 Å². The topological polar surface area (TPSA) is 38.7 Å². The lowest BCUT2D eigenvalue weighted by atomic mass is 9.82. The molecule has 11 rings (SSSR count). The first-order valence-electron chi connectivity index (χ1n) is 18.4. The zero-order chi connectivity index (χ0) is 36.0. The average molecular weight is 708 g/mol. The summed E-state index contributed by atoms with van der Waals surface area (Å²) in [6.45, 7) is 4.63. The molecule has 0 atom stereocenters. The second kappa shape index (κ2) is 11.8. The summed E-state index contributed by atoms with van der Waals surface area (Å²) in [4.78, 5) is 15.7. The summed E-state index contributed by atoms with van der Waals surface area (Å²) < 4.78 is 2.58. The Morgan fingerprint density at radius 1 is 0.389 bits per heavy atom. The first kappa shape index (κ1) is 31.1. The van der Waals surface area contributed by atoms with Crippen LogP contribution in [-0.2, 0) is 5.41 Å². The maximum Gasteiger partial charge on any atom is 0.164 e. The quantitative estimate of drug-likeness (QED) is 0.171. The number of rotatable bonds is 4. The molecule has 1 aliphatic carbocycles. The Morgan fingerprint density at radius 2 is 1.00 bits per heavy atom. The molecule has 0 unspecified atom stereocenters. The van der Waals surface area contributed by atoms with Gasteiger partial charge in [-0.15, -0.1) is 11.3 Å². The summed E-state index contributed by atoms with van der Waals surface area (Å²) in [5, 5.41) is 7.31. The van der Waals surface area contributed by atoms with Crippen LogP contribution in [0.1, 0.15) is 25.0 Å². The molecular formula is C50H33N3S. The summed E-state index contributed by atoms with van der Waals surface area (Å²) in [7, 11) is 0. The van der Waals surface area contributed by atoms with E-state index in [1.54, 1.807) is 0 Å². The van der Waals surface area contributed by atoms with E-state index in [2.05, 4.69) is 159 Å². The number of hydrogen-bond acceptors (Lipinski definition) is 4. The number of fused-ring (bicyclic) bond motifs is 10. The minimum absolute atomic E-state index is 0.134. The Morgan fingerprint density at radius 3 is 1.83 bits per heavy atom. The SMILES string of the molecule is CC1(C)c2ccccc2-c2ccc(-c3nc(-c4ccccc4)nc(-c4cc5ccccc5c5c4ccc4c6cccc(-c7ccccc7)c6sc45)n3)cc21. The monoisotopic (exact) mass is 707 g/mol. The Kier molecular flexibility index (Phi) is 6.77. The smallest absolute Gasteiger partial charge is 0.164 e. The van der Waals surface area contributed by atoms with Crippen LogP contribution in [0, 0.1) is 0 Å². The van der Waals surface area contributed by atoms with E-state index in [-0.39, 0.29) is 5.41 Å². The normalized spacial score (nSPS) is 13.1. The van der Waals surface area contributed by atoms with Crippen LogP contribution in [0.25, 0.3) is 98.1 Å². The van der Waals surface area contributed by atoms with Crippen molar-refractivity contribution in [3.05, 3.63) is 175 Å². The van der Waals surface area contributed by atoms with Crippen molar-refractivity contribution < 1.29 is 0 Å². The number of benzene rings is 8. The van der Waals surface area contributed by atoms with Crippen LogP contribution in [0.2, 0.25) is 0 Å². The highest BCUT2D eigenvalue weighted by Crippen LogP contribution is 2.50. The van der Waals surface area contributed by atoms with Crippen LogP contribution in [0.4, 0.5) is 0 Å². The van der Waals surface area contributed by atoms with Gasteiger partial charge in [0.05, 0.1) is 0 Å². The molecule has 0 N–H and O–H groups in total. The van der Waals surface area contributed by atoms with Gasteiger partial charge in [-0.05, 0) is 61.7 Å². The van der Waals surface area contributed by atoms with Gasteiger partial charge in [0, 0.05) is 47.7 Å². The van der Waals surface area contributed by atoms with Crippen LogP contribution in [-0.4, -0.2) is 15.0 Å². The Bertz CT molecular complexity index is 3120. The molecule has 0 spiro atoms.